The maximum atomic E-state index is 11.2. The van der Waals surface area contributed by atoms with Crippen LogP contribution in [0, 0.1) is 0 Å². The Morgan fingerprint density at radius 2 is 2.33 bits per heavy atom. The molecule has 1 rings (SSSR count). The van der Waals surface area contributed by atoms with E-state index in [1.165, 1.54) is 0 Å². The van der Waals surface area contributed by atoms with Gasteiger partial charge in [-0.05, 0) is 19.4 Å². The van der Waals surface area contributed by atoms with Crippen molar-refractivity contribution < 1.29 is 4.79 Å². The minimum atomic E-state index is 0.00343. The largest absolute Gasteiger partial charge is 0.334 e. The van der Waals surface area contributed by atoms with Crippen molar-refractivity contribution in [1.29, 1.82) is 0 Å². The lowest BCUT2D eigenvalue weighted by Crippen LogP contribution is -2.48. The third kappa shape index (κ3) is 2.70. The van der Waals surface area contributed by atoms with E-state index in [0.29, 0.717) is 6.04 Å². The number of hydrogen-bond acceptors (Lipinski definition) is 2. The van der Waals surface area contributed by atoms with Crippen LogP contribution in [0.15, 0.2) is 0 Å². The Labute approximate surface area is 73.3 Å². The Bertz CT molecular complexity index is 152. The molecule has 2 amide bonds. The lowest BCUT2D eigenvalue weighted by Gasteiger charge is -2.25. The summed E-state index contributed by atoms with van der Waals surface area (Å²) in [4.78, 5) is 12.8. The van der Waals surface area contributed by atoms with Crippen molar-refractivity contribution in [2.45, 2.75) is 18.9 Å². The predicted molar refractivity (Wildman–Crippen MR) is 48.1 cm³/mol. The number of carbonyl (C=O) groups excluding carboxylic acids is 1. The van der Waals surface area contributed by atoms with E-state index in [2.05, 4.69) is 10.6 Å². The fourth-order valence-corrected chi connectivity index (χ4v) is 1.28. The molecule has 0 aromatic heterocycles. The number of nitrogens with one attached hydrogen (secondary N) is 2. The maximum Gasteiger partial charge on any atom is 0.317 e. The van der Waals surface area contributed by atoms with Gasteiger partial charge in [0, 0.05) is 26.7 Å². The van der Waals surface area contributed by atoms with Crippen molar-refractivity contribution in [2.75, 3.05) is 27.2 Å². The third-order valence-electron chi connectivity index (χ3n) is 2.03. The number of urea groups is 1. The second-order valence-corrected chi connectivity index (χ2v) is 3.39. The van der Waals surface area contributed by atoms with Gasteiger partial charge in [-0.25, -0.2) is 4.79 Å². The summed E-state index contributed by atoms with van der Waals surface area (Å²) >= 11 is 0. The molecule has 0 aromatic rings. The number of amides is 2. The molecule has 1 saturated heterocycles. The first-order valence-corrected chi connectivity index (χ1v) is 4.38. The van der Waals surface area contributed by atoms with Crippen LogP contribution in [0.3, 0.4) is 0 Å². The summed E-state index contributed by atoms with van der Waals surface area (Å²) < 4.78 is 0. The maximum absolute atomic E-state index is 11.2. The first kappa shape index (κ1) is 9.32. The second-order valence-electron chi connectivity index (χ2n) is 3.39. The molecular formula is C8H17N3O. The lowest BCUT2D eigenvalue weighted by molar-refractivity contribution is 0.210. The van der Waals surface area contributed by atoms with Crippen LogP contribution in [0.25, 0.3) is 0 Å². The Kier molecular flexibility index (Phi) is 3.34. The molecule has 4 heteroatoms. The van der Waals surface area contributed by atoms with Gasteiger partial charge in [0.25, 0.3) is 0 Å². The van der Waals surface area contributed by atoms with Crippen molar-refractivity contribution in [2.24, 2.45) is 0 Å². The molecule has 1 aliphatic rings. The van der Waals surface area contributed by atoms with E-state index in [1.807, 2.05) is 0 Å². The summed E-state index contributed by atoms with van der Waals surface area (Å²) in [5, 5.41) is 6.19. The zero-order valence-corrected chi connectivity index (χ0v) is 7.76. The molecular weight excluding hydrogens is 154 g/mol. The van der Waals surface area contributed by atoms with Crippen LogP contribution in [0.4, 0.5) is 4.79 Å². The van der Waals surface area contributed by atoms with Crippen LogP contribution in [-0.4, -0.2) is 44.2 Å². The Morgan fingerprint density at radius 1 is 1.58 bits per heavy atom. The average Bonchev–Trinajstić information content (AvgIpc) is 2.06. The minimum absolute atomic E-state index is 0.00343. The molecule has 1 heterocycles. The van der Waals surface area contributed by atoms with Gasteiger partial charge in [-0.3, -0.25) is 0 Å². The van der Waals surface area contributed by atoms with E-state index >= 15 is 0 Å². The van der Waals surface area contributed by atoms with Crippen molar-refractivity contribution >= 4 is 6.03 Å². The number of carbonyl (C=O) groups is 1. The molecule has 12 heavy (non-hydrogen) atoms. The Morgan fingerprint density at radius 3 is 2.83 bits per heavy atom. The third-order valence-corrected chi connectivity index (χ3v) is 2.03. The average molecular weight is 171 g/mol. The molecule has 4 nitrogen and oxygen atoms in total. The normalized spacial score (nSPS) is 23.3. The van der Waals surface area contributed by atoms with E-state index in [-0.39, 0.29) is 6.03 Å². The summed E-state index contributed by atoms with van der Waals surface area (Å²) in [6.07, 6.45) is 2.24. The van der Waals surface area contributed by atoms with Gasteiger partial charge in [-0.1, -0.05) is 0 Å². The zero-order valence-electron chi connectivity index (χ0n) is 7.76. The first-order valence-electron chi connectivity index (χ1n) is 4.38. The summed E-state index contributed by atoms with van der Waals surface area (Å²) in [5.74, 6) is 0. The van der Waals surface area contributed by atoms with Gasteiger partial charge >= 0.3 is 6.03 Å². The van der Waals surface area contributed by atoms with Gasteiger partial charge < -0.3 is 15.5 Å². The second kappa shape index (κ2) is 4.30. The van der Waals surface area contributed by atoms with Gasteiger partial charge in [0.1, 0.15) is 0 Å². The molecule has 2 N–H and O–H groups in total. The van der Waals surface area contributed by atoms with E-state index in [4.69, 9.17) is 0 Å². The Balaban J connectivity index is 2.24. The van der Waals surface area contributed by atoms with E-state index in [0.717, 1.165) is 25.9 Å². The molecule has 0 bridgehead atoms. The Hall–Kier alpha value is -0.770. The van der Waals surface area contributed by atoms with E-state index in [1.54, 1.807) is 19.0 Å². The van der Waals surface area contributed by atoms with Crippen LogP contribution in [-0.2, 0) is 0 Å². The lowest BCUT2D eigenvalue weighted by atomic mass is 10.1. The number of piperidine rings is 1. The molecule has 1 fully saturated rings. The van der Waals surface area contributed by atoms with Gasteiger partial charge in [-0.15, -0.1) is 0 Å². The molecule has 1 unspecified atom stereocenters. The molecule has 70 valence electrons. The molecule has 1 aliphatic heterocycles. The van der Waals surface area contributed by atoms with Gasteiger partial charge in [-0.2, -0.15) is 0 Å². The fourth-order valence-electron chi connectivity index (χ4n) is 1.28. The molecule has 0 aliphatic carbocycles. The minimum Gasteiger partial charge on any atom is -0.334 e. The van der Waals surface area contributed by atoms with Gasteiger partial charge in [0.05, 0.1) is 0 Å². The first-order chi connectivity index (χ1) is 5.70. The fraction of sp³-hybridized carbons (Fsp3) is 0.875. The smallest absolute Gasteiger partial charge is 0.317 e. The van der Waals surface area contributed by atoms with Crippen molar-refractivity contribution in [3.8, 4) is 0 Å². The zero-order chi connectivity index (χ0) is 8.97. The van der Waals surface area contributed by atoms with Crippen LogP contribution in [0.1, 0.15) is 12.8 Å². The monoisotopic (exact) mass is 171 g/mol. The van der Waals surface area contributed by atoms with Crippen molar-refractivity contribution in [3.05, 3.63) is 0 Å². The molecule has 0 saturated carbocycles. The molecule has 0 aromatic carbocycles. The standard InChI is InChI=1S/C8H17N3O/c1-11(2)8(12)10-7-4-3-5-9-6-7/h7,9H,3-6H2,1-2H3,(H,10,12). The molecule has 0 radical (unpaired) electrons. The van der Waals surface area contributed by atoms with Crippen LogP contribution in [0.2, 0.25) is 0 Å². The summed E-state index contributed by atoms with van der Waals surface area (Å²) in [7, 11) is 3.51. The van der Waals surface area contributed by atoms with E-state index in [9.17, 15) is 4.79 Å². The quantitative estimate of drug-likeness (QED) is 0.583. The number of rotatable bonds is 1. The van der Waals surface area contributed by atoms with E-state index < -0.39 is 0 Å². The SMILES string of the molecule is CN(C)C(=O)NC1CCCNC1. The number of hydrogen-bond donors (Lipinski definition) is 2. The summed E-state index contributed by atoms with van der Waals surface area (Å²) in [6, 6.07) is 0.317. The van der Waals surface area contributed by atoms with Gasteiger partial charge in [0.15, 0.2) is 0 Å². The summed E-state index contributed by atoms with van der Waals surface area (Å²) in [6.45, 7) is 1.98. The molecule has 1 atom stereocenters. The highest BCUT2D eigenvalue weighted by molar-refractivity contribution is 5.73. The predicted octanol–water partition coefficient (Wildman–Crippen LogP) is 0.00960. The topological polar surface area (TPSA) is 44.4 Å². The number of nitrogens with zero attached hydrogens (tertiary/aromatic N) is 1. The highest BCUT2D eigenvalue weighted by Crippen LogP contribution is 2.01. The summed E-state index contributed by atoms with van der Waals surface area (Å²) in [5.41, 5.74) is 0. The molecule has 0 spiro atoms. The van der Waals surface area contributed by atoms with Crippen molar-refractivity contribution in [3.63, 3.8) is 0 Å². The van der Waals surface area contributed by atoms with Crippen molar-refractivity contribution in [1.82, 2.24) is 15.5 Å². The highest BCUT2D eigenvalue weighted by atomic mass is 16.2. The van der Waals surface area contributed by atoms with Crippen LogP contribution >= 0.6 is 0 Å². The highest BCUT2D eigenvalue weighted by Gasteiger charge is 2.15. The van der Waals surface area contributed by atoms with Crippen LogP contribution in [0.5, 0.6) is 0 Å². The van der Waals surface area contributed by atoms with Crippen LogP contribution < -0.4 is 10.6 Å². The van der Waals surface area contributed by atoms with Gasteiger partial charge in [0.2, 0.25) is 0 Å².